The first kappa shape index (κ1) is 15.8. The molecule has 2 N–H and O–H groups in total. The van der Waals surface area contributed by atoms with E-state index in [0.717, 1.165) is 44.0 Å². The molecule has 0 radical (unpaired) electrons. The second kappa shape index (κ2) is 7.41. The molecule has 1 amide bonds. The molecule has 0 aliphatic carbocycles. The Hall–Kier alpha value is -1.62. The average molecular weight is 291 g/mol. The fourth-order valence-corrected chi connectivity index (χ4v) is 2.70. The lowest BCUT2D eigenvalue weighted by molar-refractivity contribution is 0.0538. The monoisotopic (exact) mass is 291 g/mol. The van der Waals surface area contributed by atoms with Gasteiger partial charge in [-0.05, 0) is 45.6 Å². The Morgan fingerprint density at radius 3 is 2.86 bits per heavy atom. The number of rotatable bonds is 5. The van der Waals surface area contributed by atoms with Gasteiger partial charge in [0.05, 0.1) is 11.3 Å². The summed E-state index contributed by atoms with van der Waals surface area (Å²) in [5.74, 6) is 0.432. The van der Waals surface area contributed by atoms with Crippen LogP contribution in [-0.2, 0) is 4.74 Å². The molecule has 0 saturated carbocycles. The molecule has 1 atom stereocenters. The number of hydrogen-bond donors (Lipinski definition) is 2. The molecule has 1 aliphatic rings. The number of nitrogens with one attached hydrogen (secondary N) is 2. The number of amides is 1. The summed E-state index contributed by atoms with van der Waals surface area (Å²) in [6.45, 7) is 8.37. The summed E-state index contributed by atoms with van der Waals surface area (Å²) in [5.41, 5.74) is 2.36. The molecule has 1 aromatic rings. The smallest absolute Gasteiger partial charge is 0.255 e. The topological polar surface area (TPSA) is 63.2 Å². The third-order valence-corrected chi connectivity index (χ3v) is 3.98. The molecule has 5 nitrogen and oxygen atoms in total. The van der Waals surface area contributed by atoms with Gasteiger partial charge in [-0.3, -0.25) is 9.78 Å². The van der Waals surface area contributed by atoms with E-state index in [2.05, 4.69) is 22.5 Å². The van der Waals surface area contributed by atoms with Crippen molar-refractivity contribution in [1.29, 1.82) is 0 Å². The summed E-state index contributed by atoms with van der Waals surface area (Å²) in [5, 5.41) is 6.34. The molecular weight excluding hydrogens is 266 g/mol. The number of hydrogen-bond acceptors (Lipinski definition) is 4. The summed E-state index contributed by atoms with van der Waals surface area (Å²) in [7, 11) is 0. The minimum absolute atomic E-state index is 0.0579. The Morgan fingerprint density at radius 2 is 2.19 bits per heavy atom. The van der Waals surface area contributed by atoms with Gasteiger partial charge in [0.2, 0.25) is 0 Å². The van der Waals surface area contributed by atoms with Gasteiger partial charge in [0.15, 0.2) is 0 Å². The van der Waals surface area contributed by atoms with E-state index in [4.69, 9.17) is 4.74 Å². The summed E-state index contributed by atoms with van der Waals surface area (Å²) < 4.78 is 5.37. The highest BCUT2D eigenvalue weighted by Crippen LogP contribution is 2.20. The summed E-state index contributed by atoms with van der Waals surface area (Å²) in [6, 6.07) is 2.06. The number of carbonyl (C=O) groups excluding carboxylic acids is 1. The lowest BCUT2D eigenvalue weighted by Crippen LogP contribution is -2.40. The molecule has 1 unspecified atom stereocenters. The van der Waals surface area contributed by atoms with Gasteiger partial charge in [0.1, 0.15) is 0 Å². The van der Waals surface area contributed by atoms with Crippen LogP contribution >= 0.6 is 0 Å². The van der Waals surface area contributed by atoms with Gasteiger partial charge >= 0.3 is 0 Å². The molecule has 1 aliphatic heterocycles. The first-order chi connectivity index (χ1) is 10.1. The Labute approximate surface area is 126 Å². The SMILES string of the molecule is CCNc1cc(C)ncc1C(=O)NC(C)C1CCOCC1. The van der Waals surface area contributed by atoms with Gasteiger partial charge in [-0.2, -0.15) is 0 Å². The van der Waals surface area contributed by atoms with Crippen molar-refractivity contribution >= 4 is 11.6 Å². The third-order valence-electron chi connectivity index (χ3n) is 3.98. The lowest BCUT2D eigenvalue weighted by atomic mass is 9.93. The molecule has 0 spiro atoms. The largest absolute Gasteiger partial charge is 0.385 e. The quantitative estimate of drug-likeness (QED) is 0.874. The van der Waals surface area contributed by atoms with Gasteiger partial charge in [0, 0.05) is 37.7 Å². The third kappa shape index (κ3) is 4.17. The maximum absolute atomic E-state index is 12.5. The average Bonchev–Trinajstić information content (AvgIpc) is 2.48. The molecule has 5 heteroatoms. The highest BCUT2D eigenvalue weighted by atomic mass is 16.5. The Morgan fingerprint density at radius 1 is 1.48 bits per heavy atom. The molecule has 2 heterocycles. The van der Waals surface area contributed by atoms with E-state index in [1.807, 2.05) is 19.9 Å². The Balaban J connectivity index is 2.05. The zero-order chi connectivity index (χ0) is 15.2. The molecule has 21 heavy (non-hydrogen) atoms. The lowest BCUT2D eigenvalue weighted by Gasteiger charge is -2.28. The second-order valence-electron chi connectivity index (χ2n) is 5.61. The predicted octanol–water partition coefficient (Wildman–Crippen LogP) is 2.37. The standard InChI is InChI=1S/C16H25N3O2/c1-4-17-15-9-11(2)18-10-14(15)16(20)19-12(3)13-5-7-21-8-6-13/h9-10,12-13H,4-8H2,1-3H3,(H,17,18)(H,19,20). The molecule has 1 fully saturated rings. The van der Waals surface area contributed by atoms with Gasteiger partial charge in [-0.25, -0.2) is 0 Å². The number of aryl methyl sites for hydroxylation is 1. The maximum Gasteiger partial charge on any atom is 0.255 e. The molecular formula is C16H25N3O2. The molecule has 0 aromatic carbocycles. The van der Waals surface area contributed by atoms with Crippen LogP contribution in [0.15, 0.2) is 12.3 Å². The van der Waals surface area contributed by atoms with E-state index in [0.29, 0.717) is 11.5 Å². The van der Waals surface area contributed by atoms with E-state index in [9.17, 15) is 4.79 Å². The van der Waals surface area contributed by atoms with Gasteiger partial charge in [0.25, 0.3) is 5.91 Å². The maximum atomic E-state index is 12.5. The Kier molecular flexibility index (Phi) is 5.56. The minimum Gasteiger partial charge on any atom is -0.385 e. The van der Waals surface area contributed by atoms with Crippen molar-refractivity contribution in [3.8, 4) is 0 Å². The minimum atomic E-state index is -0.0579. The number of anilines is 1. The van der Waals surface area contributed by atoms with Crippen molar-refractivity contribution in [2.24, 2.45) is 5.92 Å². The van der Waals surface area contributed by atoms with Crippen LogP contribution in [0.5, 0.6) is 0 Å². The normalized spacial score (nSPS) is 17.3. The number of pyridine rings is 1. The molecule has 0 bridgehead atoms. The van der Waals surface area contributed by atoms with E-state index in [1.54, 1.807) is 6.20 Å². The fraction of sp³-hybridized carbons (Fsp3) is 0.625. The van der Waals surface area contributed by atoms with Crippen LogP contribution in [0.2, 0.25) is 0 Å². The van der Waals surface area contributed by atoms with E-state index in [1.165, 1.54) is 0 Å². The second-order valence-corrected chi connectivity index (χ2v) is 5.61. The van der Waals surface area contributed by atoms with E-state index < -0.39 is 0 Å². The highest BCUT2D eigenvalue weighted by Gasteiger charge is 2.23. The van der Waals surface area contributed by atoms with E-state index >= 15 is 0 Å². The van der Waals surface area contributed by atoms with Crippen LogP contribution in [0, 0.1) is 12.8 Å². The molecule has 2 rings (SSSR count). The van der Waals surface area contributed by atoms with Crippen LogP contribution in [0.3, 0.4) is 0 Å². The van der Waals surface area contributed by atoms with Crippen LogP contribution in [0.1, 0.15) is 42.7 Å². The van der Waals surface area contributed by atoms with E-state index in [-0.39, 0.29) is 11.9 Å². The number of carbonyl (C=O) groups is 1. The van der Waals surface area contributed by atoms with Crippen LogP contribution in [0.25, 0.3) is 0 Å². The van der Waals surface area contributed by atoms with Gasteiger partial charge < -0.3 is 15.4 Å². The van der Waals surface area contributed by atoms with Crippen molar-refractivity contribution in [1.82, 2.24) is 10.3 Å². The van der Waals surface area contributed by atoms with Crippen molar-refractivity contribution < 1.29 is 9.53 Å². The number of ether oxygens (including phenoxy) is 1. The van der Waals surface area contributed by atoms with Crippen LogP contribution < -0.4 is 10.6 Å². The van der Waals surface area contributed by atoms with Gasteiger partial charge in [-0.1, -0.05) is 0 Å². The summed E-state index contributed by atoms with van der Waals surface area (Å²) >= 11 is 0. The van der Waals surface area contributed by atoms with Crippen LogP contribution in [-0.4, -0.2) is 36.7 Å². The van der Waals surface area contributed by atoms with Crippen LogP contribution in [0.4, 0.5) is 5.69 Å². The van der Waals surface area contributed by atoms with Crippen molar-refractivity contribution in [3.63, 3.8) is 0 Å². The van der Waals surface area contributed by atoms with Gasteiger partial charge in [-0.15, -0.1) is 0 Å². The number of nitrogens with zero attached hydrogens (tertiary/aromatic N) is 1. The fourth-order valence-electron chi connectivity index (χ4n) is 2.70. The number of aromatic nitrogens is 1. The molecule has 116 valence electrons. The highest BCUT2D eigenvalue weighted by molar-refractivity contribution is 5.99. The first-order valence-corrected chi connectivity index (χ1v) is 7.71. The predicted molar refractivity (Wildman–Crippen MR) is 83.6 cm³/mol. The molecule has 1 aromatic heterocycles. The zero-order valence-corrected chi connectivity index (χ0v) is 13.1. The van der Waals surface area contributed by atoms with Crippen molar-refractivity contribution in [2.75, 3.05) is 25.1 Å². The first-order valence-electron chi connectivity index (χ1n) is 7.71. The molecule has 1 saturated heterocycles. The van der Waals surface area contributed by atoms with Crippen molar-refractivity contribution in [3.05, 3.63) is 23.5 Å². The summed E-state index contributed by atoms with van der Waals surface area (Å²) in [6.07, 6.45) is 3.67. The zero-order valence-electron chi connectivity index (χ0n) is 13.1. The van der Waals surface area contributed by atoms with Crippen molar-refractivity contribution in [2.45, 2.75) is 39.7 Å². The summed E-state index contributed by atoms with van der Waals surface area (Å²) in [4.78, 5) is 16.7. The Bertz CT molecular complexity index is 484.